The number of aryl methyl sites for hydroxylation is 2. The Hall–Kier alpha value is -2.06. The molecular weight excluding hydrogens is 248 g/mol. The van der Waals surface area contributed by atoms with E-state index < -0.39 is 5.60 Å². The number of aliphatic hydroxyl groups is 1. The summed E-state index contributed by atoms with van der Waals surface area (Å²) in [6.07, 6.45) is 0. The number of rotatable bonds is 2. The smallest absolute Gasteiger partial charge is 0.144 e. The molecule has 3 aromatic rings. The van der Waals surface area contributed by atoms with Gasteiger partial charge in [-0.15, -0.1) is 0 Å². The molecule has 1 heterocycles. The number of furan rings is 1. The minimum Gasteiger partial charge on any atom is -0.458 e. The van der Waals surface area contributed by atoms with Crippen molar-refractivity contribution >= 4 is 11.0 Å². The van der Waals surface area contributed by atoms with Gasteiger partial charge in [-0.3, -0.25) is 0 Å². The van der Waals surface area contributed by atoms with Crippen LogP contribution in [0, 0.1) is 13.8 Å². The lowest BCUT2D eigenvalue weighted by Crippen LogP contribution is -2.22. The molecule has 0 radical (unpaired) electrons. The molecule has 1 unspecified atom stereocenters. The first-order valence-corrected chi connectivity index (χ1v) is 6.77. The van der Waals surface area contributed by atoms with Crippen LogP contribution in [0.5, 0.6) is 0 Å². The summed E-state index contributed by atoms with van der Waals surface area (Å²) in [5.41, 5.74) is 2.80. The maximum absolute atomic E-state index is 10.9. The molecule has 0 aliphatic carbocycles. The molecule has 0 fully saturated rings. The molecule has 0 spiro atoms. The lowest BCUT2D eigenvalue weighted by atomic mass is 9.90. The second-order valence-corrected chi connectivity index (χ2v) is 5.60. The Bertz CT molecular complexity index is 713. The Morgan fingerprint density at radius 2 is 1.60 bits per heavy atom. The molecule has 20 heavy (non-hydrogen) atoms. The van der Waals surface area contributed by atoms with Gasteiger partial charge in [0.05, 0.1) is 0 Å². The van der Waals surface area contributed by atoms with Crippen LogP contribution in [0.2, 0.25) is 0 Å². The van der Waals surface area contributed by atoms with Crippen molar-refractivity contribution in [3.05, 3.63) is 71.0 Å². The Morgan fingerprint density at radius 3 is 2.25 bits per heavy atom. The lowest BCUT2D eigenvalue weighted by Gasteiger charge is -2.22. The summed E-state index contributed by atoms with van der Waals surface area (Å²) in [4.78, 5) is 0. The zero-order chi connectivity index (χ0) is 14.3. The molecule has 0 bridgehead atoms. The third-order valence-electron chi connectivity index (χ3n) is 3.69. The van der Waals surface area contributed by atoms with Crippen LogP contribution in [0.15, 0.2) is 52.9 Å². The van der Waals surface area contributed by atoms with Gasteiger partial charge < -0.3 is 9.52 Å². The largest absolute Gasteiger partial charge is 0.458 e. The van der Waals surface area contributed by atoms with Gasteiger partial charge in [-0.05, 0) is 38.5 Å². The van der Waals surface area contributed by atoms with Gasteiger partial charge in [0, 0.05) is 5.39 Å². The number of hydrogen-bond acceptors (Lipinski definition) is 2. The average molecular weight is 266 g/mol. The van der Waals surface area contributed by atoms with E-state index >= 15 is 0 Å². The standard InChI is InChI=1S/C18H18O2/c1-12-8-13(2)10-15(9-12)18(3,19)17-11-14-6-4-5-7-16(14)20-17/h4-11,19H,1-3H3. The van der Waals surface area contributed by atoms with E-state index in [1.54, 1.807) is 6.92 Å². The monoisotopic (exact) mass is 266 g/mol. The van der Waals surface area contributed by atoms with E-state index in [0.717, 1.165) is 27.7 Å². The van der Waals surface area contributed by atoms with Crippen molar-refractivity contribution in [2.45, 2.75) is 26.4 Å². The van der Waals surface area contributed by atoms with Gasteiger partial charge >= 0.3 is 0 Å². The van der Waals surface area contributed by atoms with Gasteiger partial charge in [0.2, 0.25) is 0 Å². The van der Waals surface area contributed by atoms with Crippen LogP contribution in [0.4, 0.5) is 0 Å². The summed E-state index contributed by atoms with van der Waals surface area (Å²) in [6.45, 7) is 5.84. The maximum atomic E-state index is 10.9. The summed E-state index contributed by atoms with van der Waals surface area (Å²) in [5, 5.41) is 11.9. The lowest BCUT2D eigenvalue weighted by molar-refractivity contribution is 0.0785. The van der Waals surface area contributed by atoms with Crippen LogP contribution in [-0.4, -0.2) is 5.11 Å². The topological polar surface area (TPSA) is 33.4 Å². The van der Waals surface area contributed by atoms with Gasteiger partial charge in [0.15, 0.2) is 0 Å². The molecule has 1 aromatic heterocycles. The van der Waals surface area contributed by atoms with Crippen LogP contribution >= 0.6 is 0 Å². The van der Waals surface area contributed by atoms with E-state index in [9.17, 15) is 5.11 Å². The quantitative estimate of drug-likeness (QED) is 0.750. The number of para-hydroxylation sites is 1. The second kappa shape index (κ2) is 4.50. The Balaban J connectivity index is 2.14. The van der Waals surface area contributed by atoms with Crippen molar-refractivity contribution in [2.24, 2.45) is 0 Å². The van der Waals surface area contributed by atoms with Gasteiger partial charge in [0.1, 0.15) is 16.9 Å². The predicted octanol–water partition coefficient (Wildman–Crippen LogP) is 4.31. The second-order valence-electron chi connectivity index (χ2n) is 5.60. The molecule has 2 heteroatoms. The van der Waals surface area contributed by atoms with E-state index in [1.807, 2.05) is 56.3 Å². The van der Waals surface area contributed by atoms with Crippen molar-refractivity contribution in [3.63, 3.8) is 0 Å². The fourth-order valence-electron chi connectivity index (χ4n) is 2.62. The van der Waals surface area contributed by atoms with Gasteiger partial charge in [0.25, 0.3) is 0 Å². The fourth-order valence-corrected chi connectivity index (χ4v) is 2.62. The van der Waals surface area contributed by atoms with Crippen LogP contribution in [0.1, 0.15) is 29.4 Å². The SMILES string of the molecule is Cc1cc(C)cc(C(C)(O)c2cc3ccccc3o2)c1. The maximum Gasteiger partial charge on any atom is 0.144 e. The summed E-state index contributed by atoms with van der Waals surface area (Å²) < 4.78 is 5.82. The summed E-state index contributed by atoms with van der Waals surface area (Å²) >= 11 is 0. The highest BCUT2D eigenvalue weighted by atomic mass is 16.4. The van der Waals surface area contributed by atoms with Gasteiger partial charge in [-0.2, -0.15) is 0 Å². The van der Waals surface area contributed by atoms with Crippen molar-refractivity contribution in [1.82, 2.24) is 0 Å². The average Bonchev–Trinajstić information content (AvgIpc) is 2.82. The number of hydrogen-bond donors (Lipinski definition) is 1. The number of benzene rings is 2. The van der Waals surface area contributed by atoms with E-state index in [0.29, 0.717) is 5.76 Å². The fraction of sp³-hybridized carbons (Fsp3) is 0.222. The molecular formula is C18H18O2. The van der Waals surface area contributed by atoms with Gasteiger partial charge in [-0.25, -0.2) is 0 Å². The van der Waals surface area contributed by atoms with E-state index in [1.165, 1.54) is 0 Å². The van der Waals surface area contributed by atoms with Crippen LogP contribution in [0.25, 0.3) is 11.0 Å². The molecule has 2 aromatic carbocycles. The highest BCUT2D eigenvalue weighted by Gasteiger charge is 2.30. The minimum atomic E-state index is -1.13. The first kappa shape index (κ1) is 12.9. The van der Waals surface area contributed by atoms with Crippen LogP contribution in [-0.2, 0) is 5.60 Å². The Labute approximate surface area is 118 Å². The molecule has 0 aliphatic rings. The van der Waals surface area contributed by atoms with Crippen molar-refractivity contribution in [2.75, 3.05) is 0 Å². The molecule has 1 atom stereocenters. The molecule has 0 amide bonds. The molecule has 102 valence electrons. The highest BCUT2D eigenvalue weighted by molar-refractivity contribution is 5.78. The minimum absolute atomic E-state index is 0.573. The van der Waals surface area contributed by atoms with Crippen LogP contribution in [0.3, 0.4) is 0 Å². The van der Waals surface area contributed by atoms with Crippen molar-refractivity contribution in [1.29, 1.82) is 0 Å². The third-order valence-corrected chi connectivity index (χ3v) is 3.69. The zero-order valence-corrected chi connectivity index (χ0v) is 12.0. The summed E-state index contributed by atoms with van der Waals surface area (Å²) in [6, 6.07) is 15.8. The predicted molar refractivity (Wildman–Crippen MR) is 80.8 cm³/mol. The van der Waals surface area contributed by atoms with Crippen molar-refractivity contribution in [3.8, 4) is 0 Å². The number of fused-ring (bicyclic) bond motifs is 1. The molecule has 0 aliphatic heterocycles. The summed E-state index contributed by atoms with van der Waals surface area (Å²) in [5.74, 6) is 0.573. The first-order valence-electron chi connectivity index (χ1n) is 6.77. The molecule has 2 nitrogen and oxygen atoms in total. The highest BCUT2D eigenvalue weighted by Crippen LogP contribution is 2.34. The van der Waals surface area contributed by atoms with Crippen LogP contribution < -0.4 is 0 Å². The zero-order valence-electron chi connectivity index (χ0n) is 12.0. The molecule has 0 saturated carbocycles. The molecule has 1 N–H and O–H groups in total. The van der Waals surface area contributed by atoms with E-state index in [4.69, 9.17) is 4.42 Å². The molecule has 3 rings (SSSR count). The van der Waals surface area contributed by atoms with E-state index in [-0.39, 0.29) is 0 Å². The van der Waals surface area contributed by atoms with E-state index in [2.05, 4.69) is 6.07 Å². The van der Waals surface area contributed by atoms with Gasteiger partial charge in [-0.1, -0.05) is 47.5 Å². The molecule has 0 saturated heterocycles. The normalized spacial score (nSPS) is 14.4. The van der Waals surface area contributed by atoms with Crippen molar-refractivity contribution < 1.29 is 9.52 Å². The Kier molecular flexibility index (Phi) is 2.91. The first-order chi connectivity index (χ1) is 9.46. The Morgan fingerprint density at radius 1 is 0.950 bits per heavy atom. The summed E-state index contributed by atoms with van der Waals surface area (Å²) in [7, 11) is 0. The third kappa shape index (κ3) is 2.12.